The molecule has 7 nitrogen and oxygen atoms in total. The highest BCUT2D eigenvalue weighted by molar-refractivity contribution is 6.50. The summed E-state index contributed by atoms with van der Waals surface area (Å²) in [4.78, 5) is 24.6. The Kier molecular flexibility index (Phi) is 4.40. The summed E-state index contributed by atoms with van der Waals surface area (Å²) in [5, 5.41) is 28.7. The van der Waals surface area contributed by atoms with Crippen LogP contribution in [0.2, 0.25) is 0 Å². The number of aromatic hydroxyl groups is 3. The second kappa shape index (κ2) is 6.27. The van der Waals surface area contributed by atoms with Gasteiger partial charge in [-0.2, -0.15) is 0 Å². The fourth-order valence-corrected chi connectivity index (χ4v) is 2.05. The Balaban J connectivity index is 2.47. The van der Waals surface area contributed by atoms with Gasteiger partial charge in [0.15, 0.2) is 0 Å². The zero-order valence-corrected chi connectivity index (χ0v) is 12.4. The number of hydrogen-bond acceptors (Lipinski definition) is 7. The SMILES string of the molecule is COc1ccc(C(=O)C(=O)c2c(O)cc(O)cc2O)c(OC)c1. The van der Waals surface area contributed by atoms with Crippen molar-refractivity contribution in [2.45, 2.75) is 0 Å². The molecule has 0 saturated carbocycles. The van der Waals surface area contributed by atoms with Gasteiger partial charge in [-0.25, -0.2) is 0 Å². The molecule has 23 heavy (non-hydrogen) atoms. The van der Waals surface area contributed by atoms with Crippen LogP contribution in [0, 0.1) is 0 Å². The maximum absolute atomic E-state index is 12.4. The van der Waals surface area contributed by atoms with Gasteiger partial charge in [-0.1, -0.05) is 0 Å². The molecule has 7 heteroatoms. The molecule has 3 N–H and O–H groups in total. The van der Waals surface area contributed by atoms with Crippen LogP contribution in [0.15, 0.2) is 30.3 Å². The highest BCUT2D eigenvalue weighted by Gasteiger charge is 2.27. The Morgan fingerprint density at radius 3 is 2.00 bits per heavy atom. The van der Waals surface area contributed by atoms with Crippen molar-refractivity contribution >= 4 is 11.6 Å². The summed E-state index contributed by atoms with van der Waals surface area (Å²) in [7, 11) is 2.76. The van der Waals surface area contributed by atoms with E-state index in [-0.39, 0.29) is 11.3 Å². The quantitative estimate of drug-likeness (QED) is 0.570. The molecule has 120 valence electrons. The molecular weight excluding hydrogens is 304 g/mol. The van der Waals surface area contributed by atoms with E-state index in [0.29, 0.717) is 5.75 Å². The third-order valence-electron chi connectivity index (χ3n) is 3.17. The van der Waals surface area contributed by atoms with E-state index in [1.807, 2.05) is 0 Å². The molecule has 2 aromatic carbocycles. The lowest BCUT2D eigenvalue weighted by Gasteiger charge is -2.10. The van der Waals surface area contributed by atoms with Gasteiger partial charge in [0.2, 0.25) is 11.6 Å². The summed E-state index contributed by atoms with van der Waals surface area (Å²) in [6.07, 6.45) is 0. The number of methoxy groups -OCH3 is 2. The minimum Gasteiger partial charge on any atom is -0.508 e. The van der Waals surface area contributed by atoms with Crippen LogP contribution in [0.3, 0.4) is 0 Å². The lowest BCUT2D eigenvalue weighted by Crippen LogP contribution is -2.16. The topological polar surface area (TPSA) is 113 Å². The van der Waals surface area contributed by atoms with E-state index in [0.717, 1.165) is 12.1 Å². The Morgan fingerprint density at radius 2 is 1.48 bits per heavy atom. The van der Waals surface area contributed by atoms with Crippen LogP contribution in [0.5, 0.6) is 28.7 Å². The van der Waals surface area contributed by atoms with Crippen LogP contribution in [0.1, 0.15) is 20.7 Å². The first kappa shape index (κ1) is 16.2. The first-order valence-electron chi connectivity index (χ1n) is 6.45. The molecule has 2 aromatic rings. The van der Waals surface area contributed by atoms with Crippen molar-refractivity contribution in [1.82, 2.24) is 0 Å². The second-order valence-electron chi connectivity index (χ2n) is 4.58. The molecule has 2 rings (SSSR count). The number of phenolic OH excluding ortho intramolecular Hbond substituents is 3. The number of carbonyl (C=O) groups excluding carboxylic acids is 2. The van der Waals surface area contributed by atoms with Crippen LogP contribution < -0.4 is 9.47 Å². The molecule has 0 aliphatic heterocycles. The summed E-state index contributed by atoms with van der Waals surface area (Å²) in [5.74, 6) is -3.42. The predicted octanol–water partition coefficient (Wildman–Crippen LogP) is 1.89. The van der Waals surface area contributed by atoms with Gasteiger partial charge in [-0.05, 0) is 12.1 Å². The normalized spacial score (nSPS) is 10.2. The first-order chi connectivity index (χ1) is 10.9. The molecule has 0 radical (unpaired) electrons. The molecule has 0 aliphatic rings. The van der Waals surface area contributed by atoms with E-state index >= 15 is 0 Å². The molecule has 0 heterocycles. The van der Waals surface area contributed by atoms with Crippen molar-refractivity contribution < 1.29 is 34.4 Å². The molecule has 0 aliphatic carbocycles. The van der Waals surface area contributed by atoms with Crippen LogP contribution in [0.25, 0.3) is 0 Å². The van der Waals surface area contributed by atoms with Crippen molar-refractivity contribution in [2.75, 3.05) is 14.2 Å². The minimum absolute atomic E-state index is 0.0508. The number of benzene rings is 2. The third-order valence-corrected chi connectivity index (χ3v) is 3.17. The molecule has 0 atom stereocenters. The summed E-state index contributed by atoms with van der Waals surface area (Å²) in [6, 6.07) is 5.94. The van der Waals surface area contributed by atoms with E-state index in [2.05, 4.69) is 0 Å². The van der Waals surface area contributed by atoms with E-state index in [9.17, 15) is 24.9 Å². The molecule has 0 saturated heterocycles. The van der Waals surface area contributed by atoms with E-state index < -0.39 is 34.4 Å². The molecule has 0 aromatic heterocycles. The Morgan fingerprint density at radius 1 is 0.870 bits per heavy atom. The van der Waals surface area contributed by atoms with Gasteiger partial charge >= 0.3 is 0 Å². The average molecular weight is 318 g/mol. The van der Waals surface area contributed by atoms with Crippen LogP contribution in [0.4, 0.5) is 0 Å². The molecule has 0 unspecified atom stereocenters. The molecule has 0 amide bonds. The first-order valence-corrected chi connectivity index (χ1v) is 6.45. The van der Waals surface area contributed by atoms with Crippen LogP contribution in [-0.2, 0) is 0 Å². The Labute approximate surface area is 131 Å². The molecule has 0 fully saturated rings. The zero-order valence-electron chi connectivity index (χ0n) is 12.4. The smallest absolute Gasteiger partial charge is 0.241 e. The van der Waals surface area contributed by atoms with Gasteiger partial charge in [-0.3, -0.25) is 9.59 Å². The maximum Gasteiger partial charge on any atom is 0.241 e. The number of phenols is 3. The van der Waals surface area contributed by atoms with Crippen LogP contribution in [-0.4, -0.2) is 41.1 Å². The number of Topliss-reactive ketones (excluding diaryl/α,β-unsaturated/α-hetero) is 2. The predicted molar refractivity (Wildman–Crippen MR) is 79.6 cm³/mol. The summed E-state index contributed by atoms with van der Waals surface area (Å²) < 4.78 is 10.1. The summed E-state index contributed by atoms with van der Waals surface area (Å²) in [5.41, 5.74) is -0.643. The highest BCUT2D eigenvalue weighted by atomic mass is 16.5. The number of ketones is 2. The fourth-order valence-electron chi connectivity index (χ4n) is 2.05. The number of hydrogen-bond donors (Lipinski definition) is 3. The van der Waals surface area contributed by atoms with Gasteiger partial charge in [0.25, 0.3) is 0 Å². The largest absolute Gasteiger partial charge is 0.508 e. The number of ether oxygens (including phenoxy) is 2. The number of carbonyl (C=O) groups is 2. The van der Waals surface area contributed by atoms with E-state index in [1.165, 1.54) is 32.4 Å². The average Bonchev–Trinajstić information content (AvgIpc) is 2.52. The van der Waals surface area contributed by atoms with E-state index in [4.69, 9.17) is 9.47 Å². The molecule has 0 spiro atoms. The number of rotatable bonds is 5. The Hall–Kier alpha value is -3.22. The van der Waals surface area contributed by atoms with E-state index in [1.54, 1.807) is 0 Å². The second-order valence-corrected chi connectivity index (χ2v) is 4.58. The lowest BCUT2D eigenvalue weighted by molar-refractivity contribution is 0.0811. The summed E-state index contributed by atoms with van der Waals surface area (Å²) >= 11 is 0. The maximum atomic E-state index is 12.4. The van der Waals surface area contributed by atoms with Crippen molar-refractivity contribution in [3.8, 4) is 28.7 Å². The summed E-state index contributed by atoms with van der Waals surface area (Å²) in [6.45, 7) is 0. The lowest BCUT2D eigenvalue weighted by atomic mass is 9.99. The third kappa shape index (κ3) is 3.03. The van der Waals surface area contributed by atoms with Crippen molar-refractivity contribution in [3.63, 3.8) is 0 Å². The van der Waals surface area contributed by atoms with Gasteiger partial charge in [-0.15, -0.1) is 0 Å². The minimum atomic E-state index is -1.14. The van der Waals surface area contributed by atoms with Crippen molar-refractivity contribution in [3.05, 3.63) is 41.5 Å². The highest BCUT2D eigenvalue weighted by Crippen LogP contribution is 2.34. The van der Waals surface area contributed by atoms with Gasteiger partial charge < -0.3 is 24.8 Å². The van der Waals surface area contributed by atoms with Gasteiger partial charge in [0.1, 0.15) is 34.3 Å². The van der Waals surface area contributed by atoms with Crippen LogP contribution >= 0.6 is 0 Å². The molecule has 0 bridgehead atoms. The van der Waals surface area contributed by atoms with Crippen molar-refractivity contribution in [1.29, 1.82) is 0 Å². The van der Waals surface area contributed by atoms with Gasteiger partial charge in [0.05, 0.1) is 19.8 Å². The monoisotopic (exact) mass is 318 g/mol. The van der Waals surface area contributed by atoms with Crippen molar-refractivity contribution in [2.24, 2.45) is 0 Å². The fraction of sp³-hybridized carbons (Fsp3) is 0.125. The Bertz CT molecular complexity index is 757. The zero-order chi connectivity index (χ0) is 17.1. The van der Waals surface area contributed by atoms with Gasteiger partial charge in [0, 0.05) is 18.2 Å². The molecular formula is C16H14O7. The standard InChI is InChI=1S/C16H14O7/c1-22-9-3-4-10(13(7-9)23-2)15(20)16(21)14-11(18)5-8(17)6-12(14)19/h3-7,17-19H,1-2H3.